The lowest BCUT2D eigenvalue weighted by molar-refractivity contribution is -0.870. The maximum absolute atomic E-state index is 12.9. The SMILES string of the molecule is CCCCCCCCCCC/C=C\CCCCCCCCCC(=O)NC(COP(=O)([O-])OCC[N+](C)(C)C)C(O)CCCCCCCCCCCCCCCCCCCCC. The summed E-state index contributed by atoms with van der Waals surface area (Å²) in [6.45, 7) is 4.75. The van der Waals surface area contributed by atoms with Crippen LogP contribution >= 0.6 is 7.82 Å². The van der Waals surface area contributed by atoms with E-state index in [1.54, 1.807) is 0 Å². The van der Waals surface area contributed by atoms with Crippen molar-refractivity contribution >= 4 is 13.7 Å². The van der Waals surface area contributed by atoms with Gasteiger partial charge in [-0.25, -0.2) is 0 Å². The molecule has 0 radical (unpaired) electrons. The molecule has 0 saturated heterocycles. The Morgan fingerprint density at radius 2 is 0.902 bits per heavy atom. The Balaban J connectivity index is 4.23. The van der Waals surface area contributed by atoms with E-state index in [-0.39, 0.29) is 19.1 Å². The minimum absolute atomic E-state index is 0.0136. The van der Waals surface area contributed by atoms with Crippen LogP contribution in [0, 0.1) is 0 Å². The molecule has 9 heteroatoms. The Kier molecular flexibility index (Phi) is 43.9. The van der Waals surface area contributed by atoms with Crippen molar-refractivity contribution in [3.05, 3.63) is 12.2 Å². The molecule has 1 amide bonds. The van der Waals surface area contributed by atoms with Crippen LogP contribution < -0.4 is 10.2 Å². The van der Waals surface area contributed by atoms with Gasteiger partial charge in [0.05, 0.1) is 39.9 Å². The number of amides is 1. The van der Waals surface area contributed by atoms with Crippen LogP contribution in [0.4, 0.5) is 0 Å². The van der Waals surface area contributed by atoms with Gasteiger partial charge in [-0.15, -0.1) is 0 Å². The molecule has 0 fully saturated rings. The Hall–Kier alpha value is -0.760. The molecule has 0 aromatic carbocycles. The zero-order valence-corrected chi connectivity index (χ0v) is 42.3. The van der Waals surface area contributed by atoms with Crippen molar-refractivity contribution in [3.63, 3.8) is 0 Å². The van der Waals surface area contributed by atoms with Crippen molar-refractivity contribution in [2.45, 2.75) is 276 Å². The van der Waals surface area contributed by atoms with Gasteiger partial charge in [0.15, 0.2) is 0 Å². The van der Waals surface area contributed by atoms with Gasteiger partial charge < -0.3 is 28.8 Å². The van der Waals surface area contributed by atoms with E-state index in [0.717, 1.165) is 38.5 Å². The van der Waals surface area contributed by atoms with E-state index < -0.39 is 20.0 Å². The summed E-state index contributed by atoms with van der Waals surface area (Å²) >= 11 is 0. The van der Waals surface area contributed by atoms with Gasteiger partial charge in [-0.05, 0) is 38.5 Å². The van der Waals surface area contributed by atoms with Crippen LogP contribution in [0.25, 0.3) is 0 Å². The van der Waals surface area contributed by atoms with E-state index in [1.165, 1.54) is 199 Å². The summed E-state index contributed by atoms with van der Waals surface area (Å²) in [5.41, 5.74) is 0. The highest BCUT2D eigenvalue weighted by molar-refractivity contribution is 7.45. The van der Waals surface area contributed by atoms with E-state index in [4.69, 9.17) is 9.05 Å². The number of rotatable bonds is 49. The normalized spacial score (nSPS) is 14.1. The smallest absolute Gasteiger partial charge is 0.268 e. The number of aliphatic hydroxyl groups is 1. The topological polar surface area (TPSA) is 108 Å². The average molecular weight is 885 g/mol. The van der Waals surface area contributed by atoms with Crippen molar-refractivity contribution in [1.82, 2.24) is 5.32 Å². The van der Waals surface area contributed by atoms with Crippen molar-refractivity contribution in [2.24, 2.45) is 0 Å². The summed E-state index contributed by atoms with van der Waals surface area (Å²) in [4.78, 5) is 25.5. The third kappa shape index (κ3) is 47.0. The van der Waals surface area contributed by atoms with E-state index >= 15 is 0 Å². The fourth-order valence-corrected chi connectivity index (χ4v) is 8.76. The molecular formula is C52H105N2O6P. The minimum Gasteiger partial charge on any atom is -0.756 e. The lowest BCUT2D eigenvalue weighted by Crippen LogP contribution is -2.46. The molecule has 3 unspecified atom stereocenters. The minimum atomic E-state index is -4.57. The van der Waals surface area contributed by atoms with Crippen molar-refractivity contribution < 1.29 is 32.9 Å². The Labute approximate surface area is 380 Å². The number of phosphoric acid groups is 1. The zero-order chi connectivity index (χ0) is 45.0. The number of nitrogens with zero attached hydrogens (tertiary/aromatic N) is 1. The number of aliphatic hydroxyl groups excluding tert-OH is 1. The Morgan fingerprint density at radius 3 is 1.28 bits per heavy atom. The number of phosphoric ester groups is 1. The molecule has 0 saturated carbocycles. The lowest BCUT2D eigenvalue weighted by Gasteiger charge is -2.30. The van der Waals surface area contributed by atoms with Gasteiger partial charge >= 0.3 is 0 Å². The van der Waals surface area contributed by atoms with Crippen LogP contribution in [0.2, 0.25) is 0 Å². The molecule has 0 heterocycles. The van der Waals surface area contributed by atoms with Crippen LogP contribution in [0.3, 0.4) is 0 Å². The fraction of sp³-hybridized carbons (Fsp3) is 0.942. The van der Waals surface area contributed by atoms with Crippen LogP contribution in [-0.4, -0.2) is 68.5 Å². The van der Waals surface area contributed by atoms with Crippen LogP contribution in [-0.2, 0) is 18.4 Å². The molecule has 0 aromatic rings. The molecule has 0 aromatic heterocycles. The molecule has 2 N–H and O–H groups in total. The number of carbonyl (C=O) groups excluding carboxylic acids is 1. The number of carbonyl (C=O) groups is 1. The largest absolute Gasteiger partial charge is 0.756 e. The lowest BCUT2D eigenvalue weighted by atomic mass is 10.0. The Morgan fingerprint density at radius 1 is 0.557 bits per heavy atom. The summed E-state index contributed by atoms with van der Waals surface area (Å²) in [7, 11) is 1.31. The molecule has 0 aliphatic carbocycles. The highest BCUT2D eigenvalue weighted by Gasteiger charge is 2.24. The fourth-order valence-electron chi connectivity index (χ4n) is 8.04. The second-order valence-corrected chi connectivity index (χ2v) is 21.0. The number of unbranched alkanes of at least 4 members (excludes halogenated alkanes) is 34. The molecule has 3 atom stereocenters. The molecule has 364 valence electrons. The first kappa shape index (κ1) is 60.2. The zero-order valence-electron chi connectivity index (χ0n) is 41.4. The Bertz CT molecular complexity index is 1000. The quantitative estimate of drug-likeness (QED) is 0.0273. The number of nitrogens with one attached hydrogen (secondary N) is 1. The van der Waals surface area contributed by atoms with Gasteiger partial charge in [-0.2, -0.15) is 0 Å². The maximum Gasteiger partial charge on any atom is 0.268 e. The van der Waals surface area contributed by atoms with E-state index in [0.29, 0.717) is 23.9 Å². The first-order valence-electron chi connectivity index (χ1n) is 26.5. The highest BCUT2D eigenvalue weighted by Crippen LogP contribution is 2.38. The number of quaternary nitrogens is 1. The molecular weight excluding hydrogens is 780 g/mol. The van der Waals surface area contributed by atoms with Gasteiger partial charge in [0.2, 0.25) is 5.91 Å². The highest BCUT2D eigenvalue weighted by atomic mass is 31.2. The molecule has 0 aliphatic rings. The molecule has 0 rings (SSSR count). The van der Waals surface area contributed by atoms with E-state index in [9.17, 15) is 19.4 Å². The second-order valence-electron chi connectivity index (χ2n) is 19.6. The van der Waals surface area contributed by atoms with E-state index in [2.05, 4.69) is 31.3 Å². The van der Waals surface area contributed by atoms with Crippen molar-refractivity contribution in [1.29, 1.82) is 0 Å². The number of allylic oxidation sites excluding steroid dienone is 2. The summed E-state index contributed by atoms with van der Waals surface area (Å²) in [5, 5.41) is 14.0. The predicted octanol–water partition coefficient (Wildman–Crippen LogP) is 14.8. The van der Waals surface area contributed by atoms with Gasteiger partial charge in [0.1, 0.15) is 13.2 Å². The third-order valence-corrected chi connectivity index (χ3v) is 13.2. The molecule has 8 nitrogen and oxygen atoms in total. The third-order valence-electron chi connectivity index (χ3n) is 12.3. The van der Waals surface area contributed by atoms with E-state index in [1.807, 2.05) is 21.1 Å². The summed E-state index contributed by atoms with van der Waals surface area (Å²) in [6.07, 6.45) is 52.2. The molecule has 61 heavy (non-hydrogen) atoms. The van der Waals surface area contributed by atoms with Gasteiger partial charge in [-0.3, -0.25) is 9.36 Å². The summed E-state index contributed by atoms with van der Waals surface area (Å²) in [6, 6.07) is -0.800. The van der Waals surface area contributed by atoms with Crippen LogP contribution in [0.5, 0.6) is 0 Å². The standard InChI is InChI=1S/C52H105N2O6P/c1-6-8-10-12-14-16-18-20-22-24-26-28-30-32-34-36-38-40-42-44-46-52(56)53-50(49-60-61(57,58)59-48-47-54(3,4)5)51(55)45-43-41-39-37-35-33-31-29-27-25-23-21-19-17-15-13-11-9-7-2/h26,28,50-51,55H,6-25,27,29-49H2,1-5H3,(H-,53,56,57,58)/b28-26-. The van der Waals surface area contributed by atoms with Crippen molar-refractivity contribution in [2.75, 3.05) is 40.9 Å². The van der Waals surface area contributed by atoms with Gasteiger partial charge in [-0.1, -0.05) is 231 Å². The first-order valence-corrected chi connectivity index (χ1v) is 28.0. The maximum atomic E-state index is 12.9. The summed E-state index contributed by atoms with van der Waals surface area (Å²) in [5.74, 6) is -0.165. The number of hydrogen-bond donors (Lipinski definition) is 2. The number of hydrogen-bond acceptors (Lipinski definition) is 6. The van der Waals surface area contributed by atoms with Crippen molar-refractivity contribution in [3.8, 4) is 0 Å². The van der Waals surface area contributed by atoms with Crippen LogP contribution in [0.15, 0.2) is 12.2 Å². The second kappa shape index (κ2) is 44.4. The van der Waals surface area contributed by atoms with Gasteiger partial charge in [0.25, 0.3) is 7.82 Å². The monoisotopic (exact) mass is 885 g/mol. The molecule has 0 bridgehead atoms. The molecule has 0 aliphatic heterocycles. The average Bonchev–Trinajstić information content (AvgIpc) is 3.21. The number of likely N-dealkylation sites (N-methyl/N-ethyl adjacent to an activating group) is 1. The molecule has 0 spiro atoms. The van der Waals surface area contributed by atoms with Crippen LogP contribution in [0.1, 0.15) is 264 Å². The van der Waals surface area contributed by atoms with Gasteiger partial charge in [0, 0.05) is 6.42 Å². The first-order chi connectivity index (χ1) is 29.5. The predicted molar refractivity (Wildman–Crippen MR) is 261 cm³/mol. The summed E-state index contributed by atoms with van der Waals surface area (Å²) < 4.78 is 23.4.